The van der Waals surface area contributed by atoms with E-state index < -0.39 is 0 Å². The smallest absolute Gasteiger partial charge is 0.0465 e. The molecule has 0 radical (unpaired) electrons. The lowest BCUT2D eigenvalue weighted by Crippen LogP contribution is -2.20. The van der Waals surface area contributed by atoms with E-state index in [0.717, 1.165) is 27.0 Å². The third-order valence-electron chi connectivity index (χ3n) is 2.54. The summed E-state index contributed by atoms with van der Waals surface area (Å²) >= 11 is 3.47. The van der Waals surface area contributed by atoms with Crippen molar-refractivity contribution in [3.05, 3.63) is 45.4 Å². The van der Waals surface area contributed by atoms with E-state index in [1.807, 2.05) is 6.07 Å². The van der Waals surface area contributed by atoms with Gasteiger partial charge in [0, 0.05) is 25.9 Å². The molecule has 0 aliphatic rings. The fraction of sp³-hybridized carbons (Fsp3) is 0.143. The Bertz CT molecular complexity index is 635. The summed E-state index contributed by atoms with van der Waals surface area (Å²) in [5, 5.41) is 3.31. The third kappa shape index (κ3) is 2.12. The minimum atomic E-state index is 1.05. The first-order chi connectivity index (χ1) is 7.72. The number of halogens is 1. The molecule has 2 aromatic rings. The van der Waals surface area contributed by atoms with Gasteiger partial charge in [0.15, 0.2) is 0 Å². The summed E-state index contributed by atoms with van der Waals surface area (Å²) in [4.78, 5) is 3.36. The highest BCUT2D eigenvalue weighted by Gasteiger charge is 1.98. The predicted molar refractivity (Wildman–Crippen MR) is 74.7 cm³/mol. The molecule has 1 aromatic carbocycles. The molecule has 0 atom stereocenters. The predicted octanol–water partition coefficient (Wildman–Crippen LogP) is 3.09. The lowest BCUT2D eigenvalue weighted by molar-refractivity contribution is 1.23. The molecule has 82 valence electrons. The number of rotatable bonds is 2. The van der Waals surface area contributed by atoms with Crippen molar-refractivity contribution in [2.75, 3.05) is 0 Å². The van der Waals surface area contributed by atoms with Gasteiger partial charge in [0.2, 0.25) is 0 Å². The van der Waals surface area contributed by atoms with Crippen LogP contribution in [0.3, 0.4) is 0 Å². The number of H-pyrrole nitrogens is 1. The van der Waals surface area contributed by atoms with Crippen molar-refractivity contribution in [1.29, 1.82) is 0 Å². The van der Waals surface area contributed by atoms with Crippen LogP contribution in [0.2, 0.25) is 0 Å². The monoisotopic (exact) mass is 275 g/mol. The lowest BCUT2D eigenvalue weighted by atomic mass is 10.2. The van der Waals surface area contributed by atoms with Crippen LogP contribution in [0.5, 0.6) is 0 Å². The zero-order chi connectivity index (χ0) is 11.5. The van der Waals surface area contributed by atoms with Gasteiger partial charge in [-0.05, 0) is 30.7 Å². The summed E-state index contributed by atoms with van der Waals surface area (Å²) in [6.07, 6.45) is 7.31. The van der Waals surface area contributed by atoms with Crippen LogP contribution in [-0.2, 0) is 0 Å². The molecule has 2 heteroatoms. The molecule has 1 nitrogen and oxygen atoms in total. The van der Waals surface area contributed by atoms with Gasteiger partial charge in [-0.1, -0.05) is 41.6 Å². The molecular formula is C14H14BrN. The highest BCUT2D eigenvalue weighted by molar-refractivity contribution is 9.10. The van der Waals surface area contributed by atoms with Crippen LogP contribution in [0, 0.1) is 0 Å². The molecule has 0 unspecified atom stereocenters. The van der Waals surface area contributed by atoms with Crippen LogP contribution in [0.15, 0.2) is 34.8 Å². The van der Waals surface area contributed by atoms with Gasteiger partial charge >= 0.3 is 0 Å². The fourth-order valence-electron chi connectivity index (χ4n) is 1.68. The minimum Gasteiger partial charge on any atom is -0.355 e. The van der Waals surface area contributed by atoms with E-state index in [1.165, 1.54) is 5.39 Å². The number of hydrogen-bond donors (Lipinski definition) is 1. The molecule has 0 bridgehead atoms. The van der Waals surface area contributed by atoms with Crippen LogP contribution in [0.4, 0.5) is 0 Å². The maximum atomic E-state index is 4.11. The standard InChI is InChI=1S/C14H14BrN/c1-3-4-5-6-13-10(2)12-9-11(15)7-8-14(12)16-13/h4-9,16H,2-3H2,1H3/b5-4-,13-6+. The van der Waals surface area contributed by atoms with Crippen molar-refractivity contribution in [2.45, 2.75) is 13.3 Å². The molecule has 0 fully saturated rings. The number of nitrogens with one attached hydrogen (secondary N) is 1. The van der Waals surface area contributed by atoms with Crippen molar-refractivity contribution in [1.82, 2.24) is 4.98 Å². The Balaban J connectivity index is 2.65. The largest absolute Gasteiger partial charge is 0.355 e. The molecule has 1 N–H and O–H groups in total. The molecule has 2 rings (SSSR count). The summed E-state index contributed by atoms with van der Waals surface area (Å²) < 4.78 is 1.08. The Morgan fingerprint density at radius 3 is 3.00 bits per heavy atom. The maximum Gasteiger partial charge on any atom is 0.0465 e. The molecule has 16 heavy (non-hydrogen) atoms. The Morgan fingerprint density at radius 1 is 1.44 bits per heavy atom. The van der Waals surface area contributed by atoms with E-state index in [9.17, 15) is 0 Å². The first kappa shape index (κ1) is 11.2. The number of benzene rings is 1. The van der Waals surface area contributed by atoms with Gasteiger partial charge in [0.05, 0.1) is 0 Å². The van der Waals surface area contributed by atoms with Crippen LogP contribution in [-0.4, -0.2) is 4.98 Å². The first-order valence-electron chi connectivity index (χ1n) is 5.35. The van der Waals surface area contributed by atoms with Gasteiger partial charge < -0.3 is 4.98 Å². The number of aromatic nitrogens is 1. The molecule has 0 saturated heterocycles. The van der Waals surface area contributed by atoms with Crippen LogP contribution >= 0.6 is 15.9 Å². The summed E-state index contributed by atoms with van der Waals surface area (Å²) in [6, 6.07) is 6.19. The molecule has 0 aliphatic carbocycles. The van der Waals surface area contributed by atoms with Crippen molar-refractivity contribution < 1.29 is 0 Å². The van der Waals surface area contributed by atoms with Gasteiger partial charge in [0.1, 0.15) is 0 Å². The van der Waals surface area contributed by atoms with E-state index in [1.54, 1.807) is 0 Å². The number of aromatic amines is 1. The van der Waals surface area contributed by atoms with E-state index in [2.05, 4.69) is 64.8 Å². The normalized spacial score (nSPS) is 13.0. The van der Waals surface area contributed by atoms with Crippen LogP contribution in [0.1, 0.15) is 13.3 Å². The summed E-state index contributed by atoms with van der Waals surface area (Å²) in [7, 11) is 0. The van der Waals surface area contributed by atoms with Crippen molar-refractivity contribution in [3.8, 4) is 0 Å². The molecule has 0 amide bonds. The zero-order valence-corrected chi connectivity index (χ0v) is 10.8. The van der Waals surface area contributed by atoms with E-state index >= 15 is 0 Å². The second-order valence-electron chi connectivity index (χ2n) is 3.71. The highest BCUT2D eigenvalue weighted by Crippen LogP contribution is 2.14. The summed E-state index contributed by atoms with van der Waals surface area (Å²) in [5.41, 5.74) is 1.13. The molecule has 0 saturated carbocycles. The van der Waals surface area contributed by atoms with E-state index in [0.29, 0.717) is 0 Å². The third-order valence-corrected chi connectivity index (χ3v) is 3.03. The van der Waals surface area contributed by atoms with Crippen molar-refractivity contribution >= 4 is 39.5 Å². The topological polar surface area (TPSA) is 15.8 Å². The van der Waals surface area contributed by atoms with Gasteiger partial charge in [-0.3, -0.25) is 0 Å². The zero-order valence-electron chi connectivity index (χ0n) is 9.26. The summed E-state index contributed by atoms with van der Waals surface area (Å²) in [6.45, 7) is 6.23. The number of hydrogen-bond acceptors (Lipinski definition) is 0. The Kier molecular flexibility index (Phi) is 3.30. The van der Waals surface area contributed by atoms with Gasteiger partial charge in [0.25, 0.3) is 0 Å². The molecule has 0 aliphatic heterocycles. The Labute approximate surface area is 103 Å². The van der Waals surface area contributed by atoms with E-state index in [4.69, 9.17) is 0 Å². The average Bonchev–Trinajstić information content (AvgIpc) is 2.57. The fourth-order valence-corrected chi connectivity index (χ4v) is 2.04. The van der Waals surface area contributed by atoms with E-state index in [-0.39, 0.29) is 0 Å². The number of fused-ring (bicyclic) bond motifs is 1. The number of allylic oxidation sites excluding steroid dienone is 2. The minimum absolute atomic E-state index is 1.05. The average molecular weight is 276 g/mol. The van der Waals surface area contributed by atoms with Gasteiger partial charge in [-0.25, -0.2) is 0 Å². The molecular weight excluding hydrogens is 262 g/mol. The van der Waals surface area contributed by atoms with Crippen LogP contribution < -0.4 is 10.6 Å². The SMILES string of the molecule is C=c1/c(=C\C=C/CC)[nH]c2ccc(Br)cc12. The molecule has 1 aromatic heterocycles. The van der Waals surface area contributed by atoms with Crippen LogP contribution in [0.25, 0.3) is 23.6 Å². The van der Waals surface area contributed by atoms with Crippen molar-refractivity contribution in [3.63, 3.8) is 0 Å². The van der Waals surface area contributed by atoms with Gasteiger partial charge in [-0.2, -0.15) is 0 Å². The Hall–Kier alpha value is -1.28. The van der Waals surface area contributed by atoms with Gasteiger partial charge in [-0.15, -0.1) is 0 Å². The highest BCUT2D eigenvalue weighted by atomic mass is 79.9. The quantitative estimate of drug-likeness (QED) is 0.867. The Morgan fingerprint density at radius 2 is 2.25 bits per heavy atom. The molecule has 1 heterocycles. The van der Waals surface area contributed by atoms with Crippen molar-refractivity contribution in [2.24, 2.45) is 0 Å². The first-order valence-corrected chi connectivity index (χ1v) is 6.14. The lowest BCUT2D eigenvalue weighted by Gasteiger charge is -1.89. The second kappa shape index (κ2) is 4.71. The molecule has 0 spiro atoms. The summed E-state index contributed by atoms with van der Waals surface area (Å²) in [5.74, 6) is 0. The second-order valence-corrected chi connectivity index (χ2v) is 4.63. The maximum absolute atomic E-state index is 4.11.